The summed E-state index contributed by atoms with van der Waals surface area (Å²) in [5, 5.41) is 0. The first-order valence-corrected chi connectivity index (χ1v) is 7.08. The molecule has 0 aliphatic carbocycles. The molecule has 108 valence electrons. The summed E-state index contributed by atoms with van der Waals surface area (Å²) in [6.07, 6.45) is 5.63. The molecule has 0 spiro atoms. The standard InChI is InChI=1S/C15H20N2O3/c1-2-3-10-17(11-12-6-8-16-9-7-12)15(19)13-4-5-14(18)20-13/h6-9,13H,2-5,10-11H2,1H3/t13-/m1/s1. The van der Waals surface area contributed by atoms with Gasteiger partial charge in [-0.2, -0.15) is 0 Å². The van der Waals surface area contributed by atoms with Crippen molar-refractivity contribution in [2.75, 3.05) is 6.54 Å². The number of cyclic esters (lactones) is 1. The Balaban J connectivity index is 2.02. The average Bonchev–Trinajstić information content (AvgIpc) is 2.90. The molecule has 2 rings (SSSR count). The molecule has 1 aromatic rings. The van der Waals surface area contributed by atoms with Gasteiger partial charge in [0.25, 0.3) is 5.91 Å². The van der Waals surface area contributed by atoms with E-state index in [0.717, 1.165) is 18.4 Å². The molecule has 1 fully saturated rings. The summed E-state index contributed by atoms with van der Waals surface area (Å²) in [7, 11) is 0. The second kappa shape index (κ2) is 7.03. The number of hydrogen-bond donors (Lipinski definition) is 0. The zero-order valence-electron chi connectivity index (χ0n) is 11.7. The van der Waals surface area contributed by atoms with Crippen LogP contribution in [-0.4, -0.2) is 34.4 Å². The molecule has 5 heteroatoms. The Morgan fingerprint density at radius 1 is 1.45 bits per heavy atom. The number of nitrogens with zero attached hydrogens (tertiary/aromatic N) is 2. The number of carbonyl (C=O) groups excluding carboxylic acids is 2. The van der Waals surface area contributed by atoms with E-state index in [-0.39, 0.29) is 11.9 Å². The van der Waals surface area contributed by atoms with E-state index in [1.54, 1.807) is 17.3 Å². The summed E-state index contributed by atoms with van der Waals surface area (Å²) < 4.78 is 5.08. The number of pyridine rings is 1. The molecule has 1 saturated heterocycles. The van der Waals surface area contributed by atoms with Crippen molar-refractivity contribution in [2.24, 2.45) is 0 Å². The molecule has 1 amide bonds. The predicted octanol–water partition coefficient (Wildman–Crippen LogP) is 1.92. The molecule has 20 heavy (non-hydrogen) atoms. The van der Waals surface area contributed by atoms with Gasteiger partial charge in [0.2, 0.25) is 0 Å². The van der Waals surface area contributed by atoms with Gasteiger partial charge in [-0.25, -0.2) is 0 Å². The molecule has 0 saturated carbocycles. The topological polar surface area (TPSA) is 59.5 Å². The van der Waals surface area contributed by atoms with Gasteiger partial charge in [0, 0.05) is 38.3 Å². The maximum Gasteiger partial charge on any atom is 0.306 e. The lowest BCUT2D eigenvalue weighted by molar-refractivity contribution is -0.153. The third kappa shape index (κ3) is 3.79. The first kappa shape index (κ1) is 14.5. The van der Waals surface area contributed by atoms with Gasteiger partial charge >= 0.3 is 5.97 Å². The van der Waals surface area contributed by atoms with Crippen LogP contribution in [0.15, 0.2) is 24.5 Å². The summed E-state index contributed by atoms with van der Waals surface area (Å²) in [6, 6.07) is 3.79. The van der Waals surface area contributed by atoms with Crippen LogP contribution in [0.5, 0.6) is 0 Å². The highest BCUT2D eigenvalue weighted by atomic mass is 16.6. The van der Waals surface area contributed by atoms with E-state index in [2.05, 4.69) is 11.9 Å². The monoisotopic (exact) mass is 276 g/mol. The second-order valence-corrected chi connectivity index (χ2v) is 4.99. The fraction of sp³-hybridized carbons (Fsp3) is 0.533. The number of aromatic nitrogens is 1. The number of esters is 1. The van der Waals surface area contributed by atoms with Gasteiger partial charge in [0.1, 0.15) is 0 Å². The van der Waals surface area contributed by atoms with E-state index in [4.69, 9.17) is 4.74 Å². The predicted molar refractivity (Wildman–Crippen MR) is 73.7 cm³/mol. The molecule has 0 aromatic carbocycles. The zero-order valence-corrected chi connectivity index (χ0v) is 11.7. The number of hydrogen-bond acceptors (Lipinski definition) is 4. The molecule has 0 N–H and O–H groups in total. The minimum absolute atomic E-state index is 0.0823. The van der Waals surface area contributed by atoms with Crippen molar-refractivity contribution in [2.45, 2.75) is 45.3 Å². The maximum atomic E-state index is 12.4. The lowest BCUT2D eigenvalue weighted by Crippen LogP contribution is -2.39. The van der Waals surface area contributed by atoms with Gasteiger partial charge in [0.05, 0.1) is 0 Å². The first-order chi connectivity index (χ1) is 9.70. The highest BCUT2D eigenvalue weighted by Crippen LogP contribution is 2.18. The van der Waals surface area contributed by atoms with Gasteiger partial charge in [-0.3, -0.25) is 14.6 Å². The van der Waals surface area contributed by atoms with Crippen molar-refractivity contribution >= 4 is 11.9 Å². The molecule has 1 aromatic heterocycles. The molecule has 2 heterocycles. The lowest BCUT2D eigenvalue weighted by atomic mass is 10.1. The molecule has 0 unspecified atom stereocenters. The summed E-state index contributed by atoms with van der Waals surface area (Å²) in [5.41, 5.74) is 1.04. The number of rotatable bonds is 6. The van der Waals surface area contributed by atoms with E-state index in [1.165, 1.54) is 0 Å². The van der Waals surface area contributed by atoms with Crippen LogP contribution in [0.3, 0.4) is 0 Å². The Morgan fingerprint density at radius 2 is 2.20 bits per heavy atom. The largest absolute Gasteiger partial charge is 0.452 e. The molecule has 0 radical (unpaired) electrons. The van der Waals surface area contributed by atoms with Crippen LogP contribution in [0.1, 0.15) is 38.2 Å². The van der Waals surface area contributed by atoms with Crippen LogP contribution in [0.4, 0.5) is 0 Å². The molecule has 1 aliphatic rings. The Morgan fingerprint density at radius 3 is 2.80 bits per heavy atom. The van der Waals surface area contributed by atoms with Crippen molar-refractivity contribution in [3.8, 4) is 0 Å². The van der Waals surface area contributed by atoms with Gasteiger partial charge in [-0.1, -0.05) is 13.3 Å². The third-order valence-corrected chi connectivity index (χ3v) is 3.38. The highest BCUT2D eigenvalue weighted by Gasteiger charge is 2.32. The van der Waals surface area contributed by atoms with Crippen LogP contribution in [0.25, 0.3) is 0 Å². The minimum Gasteiger partial charge on any atom is -0.452 e. The summed E-state index contributed by atoms with van der Waals surface area (Å²) in [6.45, 7) is 3.31. The van der Waals surface area contributed by atoms with E-state index >= 15 is 0 Å². The van der Waals surface area contributed by atoms with E-state index in [1.807, 2.05) is 12.1 Å². The smallest absolute Gasteiger partial charge is 0.306 e. The second-order valence-electron chi connectivity index (χ2n) is 4.99. The Hall–Kier alpha value is -1.91. The summed E-state index contributed by atoms with van der Waals surface area (Å²) in [4.78, 5) is 29.3. The number of amides is 1. The molecule has 1 atom stereocenters. The van der Waals surface area contributed by atoms with Crippen molar-refractivity contribution in [3.63, 3.8) is 0 Å². The summed E-state index contributed by atoms with van der Waals surface area (Å²) in [5.74, 6) is -0.358. The van der Waals surface area contributed by atoms with Gasteiger partial charge in [0.15, 0.2) is 6.10 Å². The van der Waals surface area contributed by atoms with Crippen molar-refractivity contribution in [3.05, 3.63) is 30.1 Å². The van der Waals surface area contributed by atoms with Crippen molar-refractivity contribution < 1.29 is 14.3 Å². The van der Waals surface area contributed by atoms with E-state index < -0.39 is 6.10 Å². The molecular formula is C15H20N2O3. The SMILES string of the molecule is CCCCN(Cc1ccncc1)C(=O)[C@H]1CCC(=O)O1. The van der Waals surface area contributed by atoms with Crippen LogP contribution in [0.2, 0.25) is 0 Å². The Kier molecular flexibility index (Phi) is 5.09. The van der Waals surface area contributed by atoms with Gasteiger partial charge < -0.3 is 9.64 Å². The normalized spacial score (nSPS) is 17.9. The number of unbranched alkanes of at least 4 members (excludes halogenated alkanes) is 1. The quantitative estimate of drug-likeness (QED) is 0.745. The van der Waals surface area contributed by atoms with Crippen molar-refractivity contribution in [1.29, 1.82) is 0 Å². The Bertz CT molecular complexity index is 461. The molecule has 1 aliphatic heterocycles. The van der Waals surface area contributed by atoms with Crippen LogP contribution in [-0.2, 0) is 20.9 Å². The zero-order chi connectivity index (χ0) is 14.4. The maximum absolute atomic E-state index is 12.4. The first-order valence-electron chi connectivity index (χ1n) is 7.08. The minimum atomic E-state index is -0.596. The van der Waals surface area contributed by atoms with Crippen LogP contribution in [0, 0.1) is 0 Å². The van der Waals surface area contributed by atoms with Gasteiger partial charge in [-0.05, 0) is 24.1 Å². The Labute approximate surface area is 118 Å². The average molecular weight is 276 g/mol. The number of carbonyl (C=O) groups is 2. The lowest BCUT2D eigenvalue weighted by Gasteiger charge is -2.25. The van der Waals surface area contributed by atoms with E-state index in [0.29, 0.717) is 25.9 Å². The molecule has 5 nitrogen and oxygen atoms in total. The van der Waals surface area contributed by atoms with E-state index in [9.17, 15) is 9.59 Å². The molecular weight excluding hydrogens is 256 g/mol. The third-order valence-electron chi connectivity index (χ3n) is 3.38. The van der Waals surface area contributed by atoms with Crippen LogP contribution < -0.4 is 0 Å². The molecule has 0 bridgehead atoms. The highest BCUT2D eigenvalue weighted by molar-refractivity contribution is 5.86. The van der Waals surface area contributed by atoms with Crippen molar-refractivity contribution in [1.82, 2.24) is 9.88 Å². The fourth-order valence-corrected chi connectivity index (χ4v) is 2.23. The van der Waals surface area contributed by atoms with Crippen LogP contribution >= 0.6 is 0 Å². The number of ether oxygens (including phenoxy) is 1. The fourth-order valence-electron chi connectivity index (χ4n) is 2.23. The summed E-state index contributed by atoms with van der Waals surface area (Å²) >= 11 is 0. The van der Waals surface area contributed by atoms with Gasteiger partial charge in [-0.15, -0.1) is 0 Å².